The number of rotatable bonds is 8. The Hall–Kier alpha value is -3.01. The van der Waals surface area contributed by atoms with Crippen molar-refractivity contribution in [1.29, 1.82) is 0 Å². The van der Waals surface area contributed by atoms with Gasteiger partial charge in [0, 0.05) is 32.7 Å². The largest absolute Gasteiger partial charge is 0.353 e. The van der Waals surface area contributed by atoms with E-state index >= 15 is 0 Å². The lowest BCUT2D eigenvalue weighted by molar-refractivity contribution is -0.132. The van der Waals surface area contributed by atoms with Gasteiger partial charge in [-0.15, -0.1) is 0 Å². The van der Waals surface area contributed by atoms with Gasteiger partial charge in [0.15, 0.2) is 0 Å². The Morgan fingerprint density at radius 2 is 1.77 bits per heavy atom. The molecule has 8 nitrogen and oxygen atoms in total. The lowest BCUT2D eigenvalue weighted by Crippen LogP contribution is -2.58. The highest BCUT2D eigenvalue weighted by molar-refractivity contribution is 7.89. The Bertz CT molecular complexity index is 1500. The first-order chi connectivity index (χ1) is 21.3. The average molecular weight is 619 g/mol. The fraction of sp³-hybridized carbons (Fsp3) is 0.543. The van der Waals surface area contributed by atoms with Crippen LogP contribution in [0.4, 0.5) is 0 Å². The highest BCUT2D eigenvalue weighted by atomic mass is 32.2. The second kappa shape index (κ2) is 13.5. The van der Waals surface area contributed by atoms with Crippen molar-refractivity contribution < 1.29 is 18.0 Å². The van der Waals surface area contributed by atoms with Crippen molar-refractivity contribution in [1.82, 2.24) is 19.8 Å². The number of piperazine rings is 1. The maximum absolute atomic E-state index is 13.5. The molecule has 2 N–H and O–H groups in total. The van der Waals surface area contributed by atoms with Gasteiger partial charge in [-0.1, -0.05) is 61.2 Å². The van der Waals surface area contributed by atoms with E-state index in [0.29, 0.717) is 0 Å². The van der Waals surface area contributed by atoms with Crippen LogP contribution in [0.1, 0.15) is 86.1 Å². The molecule has 9 heteroatoms. The standard InChI is InChI=1S/C35H46N4O4S/c1-25-10-13-30(14-11-25)44(42,43)39-21-18-36-35(41)33(39)23-34(40)37-32-9-5-8-29-22-28(12-15-31(29)32)27-16-19-38(20-17-27)24-26-6-3-2-4-7-26/h10-16,22,26,32-33H,2-9,17-21,23-24H2,1H3,(H,36,41)(H,37,40)/t32-,33-/m1/s1. The number of carbonyl (C=O) groups is 2. The smallest absolute Gasteiger partial charge is 0.243 e. The van der Waals surface area contributed by atoms with Crippen LogP contribution in [-0.4, -0.2) is 68.2 Å². The summed E-state index contributed by atoms with van der Waals surface area (Å²) in [5.41, 5.74) is 6.04. The Kier molecular flexibility index (Phi) is 9.54. The number of benzene rings is 2. The van der Waals surface area contributed by atoms with E-state index in [-0.39, 0.29) is 36.4 Å². The van der Waals surface area contributed by atoms with Crippen molar-refractivity contribution in [2.45, 2.75) is 88.1 Å². The molecule has 236 valence electrons. The Morgan fingerprint density at radius 3 is 2.52 bits per heavy atom. The minimum Gasteiger partial charge on any atom is -0.353 e. The number of nitrogens with zero attached hydrogens (tertiary/aromatic N) is 2. The molecular weight excluding hydrogens is 572 g/mol. The number of fused-ring (bicyclic) bond motifs is 1. The van der Waals surface area contributed by atoms with Crippen LogP contribution < -0.4 is 10.6 Å². The Balaban J connectivity index is 1.10. The molecule has 2 aliphatic carbocycles. The van der Waals surface area contributed by atoms with Gasteiger partial charge in [0.25, 0.3) is 0 Å². The van der Waals surface area contributed by atoms with Gasteiger partial charge >= 0.3 is 0 Å². The van der Waals surface area contributed by atoms with Gasteiger partial charge in [-0.2, -0.15) is 4.31 Å². The summed E-state index contributed by atoms with van der Waals surface area (Å²) in [6.45, 7) is 5.60. The first-order valence-electron chi connectivity index (χ1n) is 16.5. The quantitative estimate of drug-likeness (QED) is 0.446. The second-order valence-electron chi connectivity index (χ2n) is 13.1. The van der Waals surface area contributed by atoms with E-state index in [1.165, 1.54) is 59.7 Å². The monoisotopic (exact) mass is 618 g/mol. The highest BCUT2D eigenvalue weighted by Gasteiger charge is 2.40. The molecule has 6 rings (SSSR count). The van der Waals surface area contributed by atoms with Crippen LogP contribution >= 0.6 is 0 Å². The Morgan fingerprint density at radius 1 is 0.977 bits per heavy atom. The molecule has 0 radical (unpaired) electrons. The van der Waals surface area contributed by atoms with Crippen molar-refractivity contribution in [3.8, 4) is 0 Å². The third-order valence-electron chi connectivity index (χ3n) is 9.99. The molecule has 2 aliphatic heterocycles. The Labute approximate surface area is 262 Å². The van der Waals surface area contributed by atoms with E-state index in [1.807, 2.05) is 6.92 Å². The number of nitrogens with one attached hydrogen (secondary N) is 2. The molecule has 0 aromatic heterocycles. The summed E-state index contributed by atoms with van der Waals surface area (Å²) in [6.07, 6.45) is 13.0. The summed E-state index contributed by atoms with van der Waals surface area (Å²) in [7, 11) is -3.93. The van der Waals surface area contributed by atoms with Gasteiger partial charge in [0.1, 0.15) is 6.04 Å². The topological polar surface area (TPSA) is 98.8 Å². The van der Waals surface area contributed by atoms with Crippen molar-refractivity contribution in [3.63, 3.8) is 0 Å². The van der Waals surface area contributed by atoms with Crippen LogP contribution in [0.2, 0.25) is 0 Å². The minimum absolute atomic E-state index is 0.128. The lowest BCUT2D eigenvalue weighted by Gasteiger charge is -2.34. The van der Waals surface area contributed by atoms with Gasteiger partial charge in [0.2, 0.25) is 21.8 Å². The molecule has 0 spiro atoms. The predicted octanol–water partition coefficient (Wildman–Crippen LogP) is 4.74. The molecule has 2 fully saturated rings. The van der Waals surface area contributed by atoms with Crippen LogP contribution in [-0.2, 0) is 26.0 Å². The fourth-order valence-corrected chi connectivity index (χ4v) is 9.08. The average Bonchev–Trinajstić information content (AvgIpc) is 3.03. The van der Waals surface area contributed by atoms with Gasteiger partial charge in [-0.05, 0) is 85.8 Å². The van der Waals surface area contributed by atoms with Crippen LogP contribution in [0.3, 0.4) is 0 Å². The first-order valence-corrected chi connectivity index (χ1v) is 17.9. The molecule has 2 amide bonds. The third kappa shape index (κ3) is 6.95. The van der Waals surface area contributed by atoms with Gasteiger partial charge in [0.05, 0.1) is 17.4 Å². The van der Waals surface area contributed by atoms with Gasteiger partial charge < -0.3 is 10.6 Å². The molecule has 2 aromatic carbocycles. The molecule has 0 unspecified atom stereocenters. The van der Waals surface area contributed by atoms with Crippen LogP contribution in [0.25, 0.3) is 5.57 Å². The van der Waals surface area contributed by atoms with Crippen molar-refractivity contribution >= 4 is 27.4 Å². The zero-order valence-corrected chi connectivity index (χ0v) is 26.7. The predicted molar refractivity (Wildman–Crippen MR) is 172 cm³/mol. The maximum Gasteiger partial charge on any atom is 0.243 e. The fourth-order valence-electron chi connectivity index (χ4n) is 7.49. The molecular formula is C35H46N4O4S. The van der Waals surface area contributed by atoms with E-state index < -0.39 is 22.0 Å². The van der Waals surface area contributed by atoms with E-state index in [1.54, 1.807) is 24.3 Å². The molecule has 1 saturated carbocycles. The van der Waals surface area contributed by atoms with E-state index in [9.17, 15) is 18.0 Å². The maximum atomic E-state index is 13.5. The molecule has 4 aliphatic rings. The highest BCUT2D eigenvalue weighted by Crippen LogP contribution is 2.34. The second-order valence-corrected chi connectivity index (χ2v) is 15.0. The van der Waals surface area contributed by atoms with Crippen LogP contribution in [0.5, 0.6) is 0 Å². The zero-order valence-electron chi connectivity index (χ0n) is 25.9. The van der Waals surface area contributed by atoms with Crippen LogP contribution in [0, 0.1) is 12.8 Å². The van der Waals surface area contributed by atoms with Crippen molar-refractivity contribution in [2.24, 2.45) is 5.92 Å². The SMILES string of the molecule is Cc1ccc(S(=O)(=O)N2CCNC(=O)[C@H]2CC(=O)N[C@@H]2CCCc3cc(C4=CCN(CC5CCCCC5)CC4)ccc32)cc1. The van der Waals surface area contributed by atoms with E-state index in [4.69, 9.17) is 0 Å². The summed E-state index contributed by atoms with van der Waals surface area (Å²) in [5.74, 6) is 0.114. The normalized spacial score (nSPS) is 23.8. The summed E-state index contributed by atoms with van der Waals surface area (Å²) >= 11 is 0. The lowest BCUT2D eigenvalue weighted by atomic mass is 9.84. The van der Waals surface area contributed by atoms with Crippen molar-refractivity contribution in [2.75, 3.05) is 32.7 Å². The third-order valence-corrected chi connectivity index (χ3v) is 11.9. The number of amides is 2. The number of hydrogen-bond acceptors (Lipinski definition) is 5. The number of aryl methyl sites for hydroxylation is 2. The summed E-state index contributed by atoms with van der Waals surface area (Å²) < 4.78 is 28.1. The first kappa shape index (κ1) is 31.0. The summed E-state index contributed by atoms with van der Waals surface area (Å²) in [4.78, 5) is 29.0. The molecule has 2 aromatic rings. The molecule has 44 heavy (non-hydrogen) atoms. The van der Waals surface area contributed by atoms with Gasteiger partial charge in [-0.25, -0.2) is 8.42 Å². The van der Waals surface area contributed by atoms with Crippen LogP contribution in [0.15, 0.2) is 53.4 Å². The molecule has 2 atom stereocenters. The van der Waals surface area contributed by atoms with Crippen molar-refractivity contribution in [3.05, 3.63) is 70.8 Å². The van der Waals surface area contributed by atoms with E-state index in [0.717, 1.165) is 55.8 Å². The summed E-state index contributed by atoms with van der Waals surface area (Å²) in [6, 6.07) is 12.0. The minimum atomic E-state index is -3.93. The zero-order chi connectivity index (χ0) is 30.7. The van der Waals surface area contributed by atoms with Gasteiger partial charge in [-0.3, -0.25) is 14.5 Å². The number of hydrogen-bond donors (Lipinski definition) is 2. The number of carbonyl (C=O) groups excluding carboxylic acids is 2. The van der Waals surface area contributed by atoms with E-state index in [2.05, 4.69) is 39.8 Å². The molecule has 1 saturated heterocycles. The molecule has 2 heterocycles. The number of sulfonamides is 1. The summed E-state index contributed by atoms with van der Waals surface area (Å²) in [5, 5.41) is 5.89. The molecule has 0 bridgehead atoms.